The van der Waals surface area contributed by atoms with Crippen molar-refractivity contribution in [1.29, 1.82) is 0 Å². The van der Waals surface area contributed by atoms with E-state index in [-0.39, 0.29) is 11.9 Å². The molecule has 0 aromatic heterocycles. The molecule has 0 saturated heterocycles. The van der Waals surface area contributed by atoms with Crippen LogP contribution in [0.1, 0.15) is 18.9 Å². The molecule has 17 heavy (non-hydrogen) atoms. The van der Waals surface area contributed by atoms with E-state index < -0.39 is 0 Å². The molecule has 1 aromatic carbocycles. The van der Waals surface area contributed by atoms with E-state index in [9.17, 15) is 4.79 Å². The number of amides is 1. The van der Waals surface area contributed by atoms with Crippen molar-refractivity contribution < 1.29 is 4.79 Å². The lowest BCUT2D eigenvalue weighted by Gasteiger charge is -2.35. The number of nitrogens with two attached hydrogens (primary N) is 1. The van der Waals surface area contributed by atoms with E-state index in [0.29, 0.717) is 0 Å². The van der Waals surface area contributed by atoms with Gasteiger partial charge in [-0.05, 0) is 37.5 Å². The van der Waals surface area contributed by atoms with E-state index in [2.05, 4.69) is 10.2 Å². The van der Waals surface area contributed by atoms with Crippen molar-refractivity contribution >= 4 is 17.3 Å². The van der Waals surface area contributed by atoms with E-state index in [1.165, 1.54) is 5.56 Å². The van der Waals surface area contributed by atoms with Gasteiger partial charge in [-0.2, -0.15) is 0 Å². The Labute approximate surface area is 102 Å². The van der Waals surface area contributed by atoms with Crippen LogP contribution in [-0.4, -0.2) is 25.5 Å². The van der Waals surface area contributed by atoms with E-state index >= 15 is 0 Å². The van der Waals surface area contributed by atoms with Gasteiger partial charge in [-0.1, -0.05) is 6.07 Å². The number of anilines is 2. The molecule has 1 unspecified atom stereocenters. The number of hydrogen-bond acceptors (Lipinski definition) is 3. The van der Waals surface area contributed by atoms with E-state index in [1.54, 1.807) is 7.05 Å². The number of rotatable bonds is 2. The molecule has 92 valence electrons. The zero-order chi connectivity index (χ0) is 12.4. The smallest absolute Gasteiger partial charge is 0.242 e. The summed E-state index contributed by atoms with van der Waals surface area (Å²) in [5.41, 5.74) is 9.09. The maximum Gasteiger partial charge on any atom is 0.242 e. The van der Waals surface area contributed by atoms with Crippen LogP contribution in [0.15, 0.2) is 18.2 Å². The molecular weight excluding hydrogens is 214 g/mol. The van der Waals surface area contributed by atoms with Gasteiger partial charge in [0, 0.05) is 25.0 Å². The number of hydrogen-bond donors (Lipinski definition) is 2. The molecular formula is C13H19N3O. The summed E-state index contributed by atoms with van der Waals surface area (Å²) < 4.78 is 0. The summed E-state index contributed by atoms with van der Waals surface area (Å²) in [6.45, 7) is 2.84. The largest absolute Gasteiger partial charge is 0.398 e. The molecule has 4 heteroatoms. The average Bonchev–Trinajstić information content (AvgIpc) is 2.37. The number of nitrogens with one attached hydrogen (secondary N) is 1. The van der Waals surface area contributed by atoms with Gasteiger partial charge in [0.2, 0.25) is 5.91 Å². The summed E-state index contributed by atoms with van der Waals surface area (Å²) in [5.74, 6) is 0.0419. The Morgan fingerprint density at radius 2 is 2.29 bits per heavy atom. The van der Waals surface area contributed by atoms with Crippen LogP contribution < -0.4 is 16.0 Å². The van der Waals surface area contributed by atoms with Crippen molar-refractivity contribution in [3.8, 4) is 0 Å². The molecule has 1 atom stereocenters. The highest BCUT2D eigenvalue weighted by Crippen LogP contribution is 2.32. The Morgan fingerprint density at radius 3 is 3.00 bits per heavy atom. The SMILES string of the molecule is CNC(=O)C(C)N1CCCc2c(N)cccc21. The minimum Gasteiger partial charge on any atom is -0.398 e. The number of nitrogens with zero attached hydrogens (tertiary/aromatic N) is 1. The van der Waals surface area contributed by atoms with Crippen molar-refractivity contribution in [3.63, 3.8) is 0 Å². The highest BCUT2D eigenvalue weighted by Gasteiger charge is 2.26. The molecule has 3 N–H and O–H groups in total. The molecule has 4 nitrogen and oxygen atoms in total. The minimum atomic E-state index is -0.152. The topological polar surface area (TPSA) is 58.4 Å². The van der Waals surface area contributed by atoms with Gasteiger partial charge in [0.05, 0.1) is 0 Å². The second kappa shape index (κ2) is 4.65. The van der Waals surface area contributed by atoms with Crippen LogP contribution >= 0.6 is 0 Å². The first kappa shape index (κ1) is 11.8. The first-order chi connectivity index (χ1) is 8.15. The van der Waals surface area contributed by atoms with Crippen LogP contribution in [0.25, 0.3) is 0 Å². The first-order valence-corrected chi connectivity index (χ1v) is 6.00. The molecule has 1 heterocycles. The molecule has 0 fully saturated rings. The molecule has 0 aliphatic carbocycles. The van der Waals surface area contributed by atoms with Gasteiger partial charge in [-0.3, -0.25) is 4.79 Å². The van der Waals surface area contributed by atoms with Gasteiger partial charge in [-0.15, -0.1) is 0 Å². The predicted molar refractivity (Wildman–Crippen MR) is 70.1 cm³/mol. The molecule has 0 radical (unpaired) electrons. The third-order valence-corrected chi connectivity index (χ3v) is 3.42. The Bertz CT molecular complexity index is 431. The Morgan fingerprint density at radius 1 is 1.53 bits per heavy atom. The van der Waals surface area contributed by atoms with Crippen molar-refractivity contribution in [2.24, 2.45) is 0 Å². The maximum absolute atomic E-state index is 11.7. The number of carbonyl (C=O) groups excluding carboxylic acids is 1. The van der Waals surface area contributed by atoms with Crippen LogP contribution in [0.4, 0.5) is 11.4 Å². The van der Waals surface area contributed by atoms with E-state index in [1.807, 2.05) is 25.1 Å². The summed E-state index contributed by atoms with van der Waals surface area (Å²) in [7, 11) is 1.67. The maximum atomic E-state index is 11.7. The van der Waals surface area contributed by atoms with Gasteiger partial charge in [0.1, 0.15) is 6.04 Å². The van der Waals surface area contributed by atoms with Gasteiger partial charge in [-0.25, -0.2) is 0 Å². The zero-order valence-electron chi connectivity index (χ0n) is 10.4. The monoisotopic (exact) mass is 233 g/mol. The fourth-order valence-corrected chi connectivity index (χ4v) is 2.43. The molecule has 1 amide bonds. The van der Waals surface area contributed by atoms with E-state index in [0.717, 1.165) is 30.8 Å². The van der Waals surface area contributed by atoms with Crippen molar-refractivity contribution in [2.75, 3.05) is 24.2 Å². The van der Waals surface area contributed by atoms with E-state index in [4.69, 9.17) is 5.73 Å². The molecule has 0 spiro atoms. The number of fused-ring (bicyclic) bond motifs is 1. The van der Waals surface area contributed by atoms with Gasteiger partial charge >= 0.3 is 0 Å². The Kier molecular flexibility index (Phi) is 3.22. The molecule has 2 rings (SSSR count). The van der Waals surface area contributed by atoms with Crippen LogP contribution in [0.5, 0.6) is 0 Å². The summed E-state index contributed by atoms with van der Waals surface area (Å²) in [6.07, 6.45) is 2.04. The number of nitrogen functional groups attached to an aromatic ring is 1. The third-order valence-electron chi connectivity index (χ3n) is 3.42. The van der Waals surface area contributed by atoms with Crippen molar-refractivity contribution in [2.45, 2.75) is 25.8 Å². The fraction of sp³-hybridized carbons (Fsp3) is 0.462. The lowest BCUT2D eigenvalue weighted by Crippen LogP contribution is -2.46. The summed E-state index contributed by atoms with van der Waals surface area (Å²) in [6, 6.07) is 5.76. The van der Waals surface area contributed by atoms with Crippen LogP contribution in [-0.2, 0) is 11.2 Å². The average molecular weight is 233 g/mol. The molecule has 1 aromatic rings. The standard InChI is InChI=1S/C13H19N3O/c1-9(13(17)15-2)16-8-4-5-10-11(14)6-3-7-12(10)16/h3,6-7,9H,4-5,8,14H2,1-2H3,(H,15,17). The summed E-state index contributed by atoms with van der Waals surface area (Å²) >= 11 is 0. The number of likely N-dealkylation sites (N-methyl/N-ethyl adjacent to an activating group) is 1. The number of carbonyl (C=O) groups is 1. The Balaban J connectivity index is 2.35. The number of benzene rings is 1. The van der Waals surface area contributed by atoms with Crippen LogP contribution in [0, 0.1) is 0 Å². The molecule has 1 aliphatic heterocycles. The lowest BCUT2D eigenvalue weighted by molar-refractivity contribution is -0.121. The molecule has 0 saturated carbocycles. The minimum absolute atomic E-state index is 0.0419. The van der Waals surface area contributed by atoms with Crippen molar-refractivity contribution in [3.05, 3.63) is 23.8 Å². The second-order valence-electron chi connectivity index (χ2n) is 4.43. The second-order valence-corrected chi connectivity index (χ2v) is 4.43. The zero-order valence-corrected chi connectivity index (χ0v) is 10.4. The summed E-state index contributed by atoms with van der Waals surface area (Å²) in [5, 5.41) is 2.70. The highest BCUT2D eigenvalue weighted by molar-refractivity contribution is 5.85. The van der Waals surface area contributed by atoms with Crippen molar-refractivity contribution in [1.82, 2.24) is 5.32 Å². The predicted octanol–water partition coefficient (Wildman–Crippen LogP) is 1.16. The highest BCUT2D eigenvalue weighted by atomic mass is 16.2. The normalized spacial score (nSPS) is 16.2. The van der Waals surface area contributed by atoms with Gasteiger partial charge in [0.15, 0.2) is 0 Å². The quantitative estimate of drug-likeness (QED) is 0.754. The third kappa shape index (κ3) is 2.07. The first-order valence-electron chi connectivity index (χ1n) is 6.00. The lowest BCUT2D eigenvalue weighted by atomic mass is 9.98. The van der Waals surface area contributed by atoms with Crippen LogP contribution in [0.3, 0.4) is 0 Å². The molecule has 1 aliphatic rings. The molecule has 0 bridgehead atoms. The Hall–Kier alpha value is -1.71. The fourth-order valence-electron chi connectivity index (χ4n) is 2.43. The summed E-state index contributed by atoms with van der Waals surface area (Å²) in [4.78, 5) is 13.9. The van der Waals surface area contributed by atoms with Gasteiger partial charge in [0.25, 0.3) is 0 Å². The van der Waals surface area contributed by atoms with Crippen LogP contribution in [0.2, 0.25) is 0 Å². The van der Waals surface area contributed by atoms with Gasteiger partial charge < -0.3 is 16.0 Å².